The lowest BCUT2D eigenvalue weighted by molar-refractivity contribution is -0.870. The quantitative estimate of drug-likeness (QED) is 0.452. The van der Waals surface area contributed by atoms with Gasteiger partial charge in [0.1, 0.15) is 13.2 Å². The minimum Gasteiger partial charge on any atom is -0.329 e. The van der Waals surface area contributed by atoms with Gasteiger partial charge in [-0.2, -0.15) is 11.8 Å². The highest BCUT2D eigenvalue weighted by molar-refractivity contribution is 7.98. The maximum atomic E-state index is 11.9. The predicted octanol–water partition coefficient (Wildman–Crippen LogP) is 3.63. The van der Waals surface area contributed by atoms with Gasteiger partial charge in [0, 0.05) is 0 Å². The maximum Gasteiger partial charge on any atom is 0.472 e. The molecule has 0 aromatic rings. The first-order valence-corrected chi connectivity index (χ1v) is 10.5. The van der Waals surface area contributed by atoms with E-state index in [1.807, 2.05) is 32.9 Å². The zero-order valence-electron chi connectivity index (χ0n) is 15.5. The molecule has 5 nitrogen and oxygen atoms in total. The van der Waals surface area contributed by atoms with Gasteiger partial charge in [0.2, 0.25) is 0 Å². The van der Waals surface area contributed by atoms with Crippen LogP contribution in [0.25, 0.3) is 0 Å². The summed E-state index contributed by atoms with van der Waals surface area (Å²) in [5, 5.41) is 0. The zero-order valence-corrected chi connectivity index (χ0v) is 17.2. The minimum absolute atomic E-state index is 0.163. The molecule has 0 saturated heterocycles. The van der Waals surface area contributed by atoms with Crippen LogP contribution < -0.4 is 0 Å². The van der Waals surface area contributed by atoms with Crippen LogP contribution in [-0.4, -0.2) is 62.3 Å². The van der Waals surface area contributed by atoms with E-state index in [-0.39, 0.29) is 24.0 Å². The molecular weight excluding hydrogens is 321 g/mol. The summed E-state index contributed by atoms with van der Waals surface area (Å²) in [6.45, 7) is 9.60. The monoisotopic (exact) mass is 356 g/mol. The second-order valence-corrected chi connectivity index (χ2v) is 10.8. The van der Waals surface area contributed by atoms with Gasteiger partial charge in [-0.15, -0.1) is 0 Å². The standard InChI is InChI=1S/C15H34NO4PS/c1-14(2,11-15(3,4)13-22-8)12-20-21(17,18)19-10-9-16(5,6)7/h9-13H2,1-8H3/p+1. The van der Waals surface area contributed by atoms with Gasteiger partial charge in [-0.1, -0.05) is 27.7 Å². The summed E-state index contributed by atoms with van der Waals surface area (Å²) in [4.78, 5) is 9.78. The van der Waals surface area contributed by atoms with Crippen molar-refractivity contribution in [1.29, 1.82) is 0 Å². The number of phosphoric acid groups is 1. The van der Waals surface area contributed by atoms with Crippen LogP contribution in [0.4, 0.5) is 0 Å². The van der Waals surface area contributed by atoms with Crippen LogP contribution in [0.2, 0.25) is 0 Å². The van der Waals surface area contributed by atoms with Crippen LogP contribution in [0.3, 0.4) is 0 Å². The number of nitrogens with zero attached hydrogens (tertiary/aromatic N) is 1. The average Bonchev–Trinajstić information content (AvgIpc) is 2.23. The van der Waals surface area contributed by atoms with Gasteiger partial charge in [-0.05, 0) is 29.3 Å². The van der Waals surface area contributed by atoms with E-state index in [0.717, 1.165) is 12.2 Å². The van der Waals surface area contributed by atoms with Gasteiger partial charge >= 0.3 is 7.82 Å². The van der Waals surface area contributed by atoms with Crippen LogP contribution in [-0.2, 0) is 13.6 Å². The Morgan fingerprint density at radius 2 is 1.64 bits per heavy atom. The molecule has 22 heavy (non-hydrogen) atoms. The molecule has 7 heteroatoms. The second-order valence-electron chi connectivity index (χ2n) is 8.53. The van der Waals surface area contributed by atoms with Crippen molar-refractivity contribution in [1.82, 2.24) is 0 Å². The lowest BCUT2D eigenvalue weighted by Crippen LogP contribution is -2.37. The predicted molar refractivity (Wildman–Crippen MR) is 95.2 cm³/mol. The average molecular weight is 356 g/mol. The van der Waals surface area contributed by atoms with Gasteiger partial charge in [0.25, 0.3) is 0 Å². The highest BCUT2D eigenvalue weighted by Crippen LogP contribution is 2.46. The third kappa shape index (κ3) is 11.9. The first-order chi connectivity index (χ1) is 9.68. The van der Waals surface area contributed by atoms with Crippen molar-refractivity contribution in [2.45, 2.75) is 34.1 Å². The van der Waals surface area contributed by atoms with Crippen molar-refractivity contribution in [3.05, 3.63) is 0 Å². The summed E-state index contributed by atoms with van der Waals surface area (Å²) < 4.78 is 22.9. The molecule has 0 fully saturated rings. The number of thioether (sulfide) groups is 1. The number of quaternary nitrogens is 1. The van der Waals surface area contributed by atoms with Crippen molar-refractivity contribution < 1.29 is 23.0 Å². The van der Waals surface area contributed by atoms with Crippen LogP contribution in [0.15, 0.2) is 0 Å². The molecule has 0 aliphatic heterocycles. The zero-order chi connectivity index (χ0) is 17.7. The first-order valence-electron chi connectivity index (χ1n) is 7.59. The number of rotatable bonds is 11. The third-order valence-electron chi connectivity index (χ3n) is 3.13. The Morgan fingerprint density at radius 3 is 2.09 bits per heavy atom. The van der Waals surface area contributed by atoms with E-state index < -0.39 is 7.82 Å². The minimum atomic E-state index is -3.97. The lowest BCUT2D eigenvalue weighted by atomic mass is 9.77. The second kappa shape index (κ2) is 8.50. The molecule has 0 radical (unpaired) electrons. The van der Waals surface area contributed by atoms with Crippen LogP contribution in [0, 0.1) is 10.8 Å². The molecule has 0 aromatic carbocycles. The first kappa shape index (κ1) is 22.4. The number of hydrogen-bond acceptors (Lipinski definition) is 4. The number of hydrogen-bond donors (Lipinski definition) is 1. The van der Waals surface area contributed by atoms with Crippen LogP contribution in [0.1, 0.15) is 34.1 Å². The van der Waals surface area contributed by atoms with E-state index in [0.29, 0.717) is 11.0 Å². The highest BCUT2D eigenvalue weighted by atomic mass is 32.2. The molecule has 0 saturated carbocycles. The van der Waals surface area contributed by atoms with Crippen molar-refractivity contribution in [2.75, 3.05) is 52.9 Å². The van der Waals surface area contributed by atoms with Crippen LogP contribution in [0.5, 0.6) is 0 Å². The SMILES string of the molecule is CSCC(C)(C)CC(C)(C)COP(=O)(O)OCC[N+](C)(C)C. The fourth-order valence-corrected chi connectivity index (χ4v) is 4.29. The molecule has 134 valence electrons. The third-order valence-corrected chi connectivity index (χ3v) is 5.16. The normalized spacial score (nSPS) is 16.6. The molecule has 0 aliphatic carbocycles. The Bertz CT molecular complexity index is 380. The molecule has 0 spiro atoms. The topological polar surface area (TPSA) is 55.8 Å². The van der Waals surface area contributed by atoms with Gasteiger partial charge in [0.15, 0.2) is 0 Å². The van der Waals surface area contributed by atoms with Crippen molar-refractivity contribution in [3.63, 3.8) is 0 Å². The van der Waals surface area contributed by atoms with Gasteiger partial charge in [-0.25, -0.2) is 4.57 Å². The summed E-state index contributed by atoms with van der Waals surface area (Å²) in [6, 6.07) is 0. The van der Waals surface area contributed by atoms with E-state index >= 15 is 0 Å². The fourth-order valence-electron chi connectivity index (χ4n) is 2.51. The Kier molecular flexibility index (Phi) is 8.66. The molecule has 0 bridgehead atoms. The van der Waals surface area contributed by atoms with Gasteiger partial charge in [0.05, 0.1) is 27.7 Å². The van der Waals surface area contributed by atoms with E-state index in [4.69, 9.17) is 9.05 Å². The van der Waals surface area contributed by atoms with E-state index in [2.05, 4.69) is 34.0 Å². The van der Waals surface area contributed by atoms with E-state index in [1.165, 1.54) is 0 Å². The number of likely N-dealkylation sites (N-methyl/N-ethyl adjacent to an activating group) is 1. The summed E-state index contributed by atoms with van der Waals surface area (Å²) in [5.74, 6) is 1.05. The summed E-state index contributed by atoms with van der Waals surface area (Å²) in [7, 11) is 2.04. The fraction of sp³-hybridized carbons (Fsp3) is 1.00. The Labute approximate surface area is 141 Å². The Morgan fingerprint density at radius 1 is 1.09 bits per heavy atom. The molecular formula is C15H35NO4PS+. The molecule has 1 atom stereocenters. The van der Waals surface area contributed by atoms with Gasteiger partial charge < -0.3 is 9.38 Å². The molecule has 0 amide bonds. The van der Waals surface area contributed by atoms with Crippen molar-refractivity contribution in [3.8, 4) is 0 Å². The summed E-state index contributed by atoms with van der Waals surface area (Å²) >= 11 is 1.81. The summed E-state index contributed by atoms with van der Waals surface area (Å²) in [5.41, 5.74) is -0.0165. The molecule has 1 unspecified atom stereocenters. The van der Waals surface area contributed by atoms with Crippen molar-refractivity contribution in [2.24, 2.45) is 10.8 Å². The van der Waals surface area contributed by atoms with E-state index in [1.54, 1.807) is 0 Å². The van der Waals surface area contributed by atoms with E-state index in [9.17, 15) is 9.46 Å². The molecule has 0 aromatic heterocycles. The molecule has 0 heterocycles. The van der Waals surface area contributed by atoms with Gasteiger partial charge in [-0.3, -0.25) is 9.05 Å². The van der Waals surface area contributed by atoms with Crippen LogP contribution >= 0.6 is 19.6 Å². The summed E-state index contributed by atoms with van der Waals surface area (Å²) in [6.07, 6.45) is 3.01. The largest absolute Gasteiger partial charge is 0.472 e. The Hall–Kier alpha value is 0.420. The maximum absolute atomic E-state index is 11.9. The molecule has 0 rings (SSSR count). The lowest BCUT2D eigenvalue weighted by Gasteiger charge is -2.34. The highest BCUT2D eigenvalue weighted by Gasteiger charge is 2.32. The molecule has 0 aliphatic rings. The number of phosphoric ester groups is 1. The smallest absolute Gasteiger partial charge is 0.329 e. The molecule has 1 N–H and O–H groups in total. The van der Waals surface area contributed by atoms with Crippen molar-refractivity contribution >= 4 is 19.6 Å². The Balaban J connectivity index is 4.35.